The Morgan fingerprint density at radius 1 is 0.962 bits per heavy atom. The van der Waals surface area contributed by atoms with Crippen molar-refractivity contribution in [2.45, 2.75) is 18.6 Å². The van der Waals surface area contributed by atoms with E-state index in [9.17, 15) is 30.7 Å². The smallest absolute Gasteiger partial charge is 0.406 e. The SMILES string of the molecule is Cl.N[C@@H](c1ccc(OC(F)(F)F)cc1)c1cc(C(F)(F)F)cc(Cl)c1F. The molecular weight excluding hydrogens is 414 g/mol. The molecule has 0 radical (unpaired) electrons. The predicted octanol–water partition coefficient (Wildman–Crippen LogP) is 5.87. The maximum atomic E-state index is 14.1. The lowest BCUT2D eigenvalue weighted by atomic mass is 9.97. The summed E-state index contributed by atoms with van der Waals surface area (Å²) >= 11 is 5.48. The quantitative estimate of drug-likeness (QED) is 0.626. The van der Waals surface area contributed by atoms with Crippen molar-refractivity contribution < 1.29 is 35.5 Å². The Labute approximate surface area is 154 Å². The van der Waals surface area contributed by atoms with Crippen LogP contribution >= 0.6 is 24.0 Å². The van der Waals surface area contributed by atoms with Gasteiger partial charge in [-0.3, -0.25) is 0 Å². The molecule has 0 saturated heterocycles. The highest BCUT2D eigenvalue weighted by molar-refractivity contribution is 6.30. The van der Waals surface area contributed by atoms with E-state index < -0.39 is 46.3 Å². The van der Waals surface area contributed by atoms with Crippen molar-refractivity contribution in [3.05, 3.63) is 63.9 Å². The number of rotatable bonds is 3. The molecule has 11 heteroatoms. The standard InChI is InChI=1S/C15H9ClF7NO.ClH/c16-11-6-8(14(18,19)20)5-10(12(11)17)13(24)7-1-3-9(4-2-7)25-15(21,22)23;/h1-6,13H,24H2;1H/t13-;/m0./s1. The second-order valence-corrected chi connectivity index (χ2v) is 5.36. The predicted molar refractivity (Wildman–Crippen MR) is 82.8 cm³/mol. The molecule has 0 aliphatic carbocycles. The van der Waals surface area contributed by atoms with Gasteiger partial charge in [-0.05, 0) is 29.8 Å². The first-order valence-electron chi connectivity index (χ1n) is 6.56. The third-order valence-corrected chi connectivity index (χ3v) is 3.47. The Morgan fingerprint density at radius 2 is 1.50 bits per heavy atom. The topological polar surface area (TPSA) is 35.2 Å². The van der Waals surface area contributed by atoms with E-state index in [0.717, 1.165) is 24.3 Å². The molecule has 2 nitrogen and oxygen atoms in total. The van der Waals surface area contributed by atoms with Crippen LogP contribution < -0.4 is 10.5 Å². The Kier molecular flexibility index (Phi) is 6.78. The van der Waals surface area contributed by atoms with E-state index >= 15 is 0 Å². The average molecular weight is 424 g/mol. The van der Waals surface area contributed by atoms with Gasteiger partial charge in [0.05, 0.1) is 16.6 Å². The van der Waals surface area contributed by atoms with Gasteiger partial charge in [-0.1, -0.05) is 23.7 Å². The van der Waals surface area contributed by atoms with Gasteiger partial charge >= 0.3 is 12.5 Å². The van der Waals surface area contributed by atoms with Crippen LogP contribution in [0.25, 0.3) is 0 Å². The number of nitrogens with two attached hydrogens (primary N) is 1. The Hall–Kier alpha value is -1.71. The molecule has 2 rings (SSSR count). The first-order valence-corrected chi connectivity index (χ1v) is 6.93. The molecule has 2 aromatic carbocycles. The lowest BCUT2D eigenvalue weighted by molar-refractivity contribution is -0.274. The van der Waals surface area contributed by atoms with Crippen molar-refractivity contribution in [1.29, 1.82) is 0 Å². The zero-order chi connectivity index (χ0) is 19.0. The summed E-state index contributed by atoms with van der Waals surface area (Å²) in [7, 11) is 0. The molecule has 0 heterocycles. The summed E-state index contributed by atoms with van der Waals surface area (Å²) in [4.78, 5) is 0. The van der Waals surface area contributed by atoms with Crippen LogP contribution in [0.3, 0.4) is 0 Å². The number of alkyl halides is 6. The molecule has 0 bridgehead atoms. The molecule has 0 saturated carbocycles. The molecule has 1 atom stereocenters. The molecule has 0 spiro atoms. The molecule has 26 heavy (non-hydrogen) atoms. The van der Waals surface area contributed by atoms with E-state index in [1.54, 1.807) is 0 Å². The summed E-state index contributed by atoms with van der Waals surface area (Å²) in [6.45, 7) is 0. The summed E-state index contributed by atoms with van der Waals surface area (Å²) in [5, 5.41) is -0.766. The van der Waals surface area contributed by atoms with Crippen LogP contribution in [0.4, 0.5) is 30.7 Å². The first kappa shape index (κ1) is 22.3. The van der Waals surface area contributed by atoms with Crippen molar-refractivity contribution in [2.24, 2.45) is 5.73 Å². The minimum atomic E-state index is -4.90. The summed E-state index contributed by atoms with van der Waals surface area (Å²) in [5.41, 5.74) is 4.09. The molecule has 0 fully saturated rings. The van der Waals surface area contributed by atoms with Crippen molar-refractivity contribution in [3.63, 3.8) is 0 Å². The fourth-order valence-electron chi connectivity index (χ4n) is 2.06. The number of halogens is 9. The largest absolute Gasteiger partial charge is 0.573 e. The lowest BCUT2D eigenvalue weighted by Gasteiger charge is -2.17. The highest BCUT2D eigenvalue weighted by atomic mass is 35.5. The zero-order valence-electron chi connectivity index (χ0n) is 12.5. The summed E-state index contributed by atoms with van der Waals surface area (Å²) in [5.74, 6) is -1.69. The fourth-order valence-corrected chi connectivity index (χ4v) is 2.28. The van der Waals surface area contributed by atoms with Gasteiger partial charge in [-0.2, -0.15) is 13.2 Å². The third kappa shape index (κ3) is 5.39. The highest BCUT2D eigenvalue weighted by Gasteiger charge is 2.33. The maximum absolute atomic E-state index is 14.1. The van der Waals surface area contributed by atoms with E-state index in [1.165, 1.54) is 0 Å². The summed E-state index contributed by atoms with van der Waals surface area (Å²) in [6.07, 6.45) is -9.67. The second kappa shape index (κ2) is 7.89. The molecule has 2 N–H and O–H groups in total. The Morgan fingerprint density at radius 3 is 1.96 bits per heavy atom. The number of benzene rings is 2. The van der Waals surface area contributed by atoms with E-state index in [1.807, 2.05) is 0 Å². The van der Waals surface area contributed by atoms with Crippen molar-refractivity contribution in [2.75, 3.05) is 0 Å². The molecule has 0 aliphatic heterocycles. The van der Waals surface area contributed by atoms with Crippen LogP contribution in [0, 0.1) is 5.82 Å². The summed E-state index contributed by atoms with van der Waals surface area (Å²) < 4.78 is 92.5. The summed E-state index contributed by atoms with van der Waals surface area (Å²) in [6, 6.07) is 3.55. The van der Waals surface area contributed by atoms with Gasteiger partial charge in [0.2, 0.25) is 0 Å². The van der Waals surface area contributed by atoms with Gasteiger partial charge in [0.1, 0.15) is 11.6 Å². The van der Waals surface area contributed by atoms with Crippen molar-refractivity contribution in [1.82, 2.24) is 0 Å². The van der Waals surface area contributed by atoms with E-state index in [-0.39, 0.29) is 18.0 Å². The van der Waals surface area contributed by atoms with Crippen LogP contribution in [0.2, 0.25) is 5.02 Å². The third-order valence-electron chi connectivity index (χ3n) is 3.19. The van der Waals surface area contributed by atoms with Crippen molar-refractivity contribution >= 4 is 24.0 Å². The van der Waals surface area contributed by atoms with Crippen LogP contribution in [0.5, 0.6) is 5.75 Å². The zero-order valence-corrected chi connectivity index (χ0v) is 14.0. The van der Waals surface area contributed by atoms with E-state index in [4.69, 9.17) is 17.3 Å². The van der Waals surface area contributed by atoms with Crippen LogP contribution in [0.15, 0.2) is 36.4 Å². The molecule has 0 aromatic heterocycles. The van der Waals surface area contributed by atoms with Gasteiger partial charge in [-0.15, -0.1) is 25.6 Å². The number of hydrogen-bond acceptors (Lipinski definition) is 2. The van der Waals surface area contributed by atoms with Gasteiger partial charge in [0.25, 0.3) is 0 Å². The molecule has 0 unspecified atom stereocenters. The van der Waals surface area contributed by atoms with Crippen LogP contribution in [-0.4, -0.2) is 6.36 Å². The fraction of sp³-hybridized carbons (Fsp3) is 0.200. The van der Waals surface area contributed by atoms with Gasteiger partial charge in [0, 0.05) is 5.56 Å². The van der Waals surface area contributed by atoms with Crippen LogP contribution in [0.1, 0.15) is 22.7 Å². The van der Waals surface area contributed by atoms with Crippen molar-refractivity contribution in [3.8, 4) is 5.75 Å². The maximum Gasteiger partial charge on any atom is 0.573 e. The Bertz CT molecular complexity index is 760. The molecule has 2 aromatic rings. The van der Waals surface area contributed by atoms with E-state index in [0.29, 0.717) is 12.1 Å². The van der Waals surface area contributed by atoms with Gasteiger partial charge in [0.15, 0.2) is 0 Å². The Balaban J connectivity index is 0.00000338. The molecule has 0 amide bonds. The molecular formula is C15H10Cl2F7NO. The first-order chi connectivity index (χ1) is 11.4. The second-order valence-electron chi connectivity index (χ2n) is 4.95. The van der Waals surface area contributed by atoms with E-state index in [2.05, 4.69) is 4.74 Å². The number of ether oxygens (including phenoxy) is 1. The van der Waals surface area contributed by atoms with Crippen LogP contribution in [-0.2, 0) is 6.18 Å². The minimum absolute atomic E-state index is 0. The normalized spacial score (nSPS) is 13.1. The lowest BCUT2D eigenvalue weighted by Crippen LogP contribution is -2.18. The molecule has 144 valence electrons. The highest BCUT2D eigenvalue weighted by Crippen LogP contribution is 2.36. The monoisotopic (exact) mass is 423 g/mol. The van der Waals surface area contributed by atoms with Gasteiger partial charge in [-0.25, -0.2) is 4.39 Å². The average Bonchev–Trinajstić information content (AvgIpc) is 2.47. The molecule has 0 aliphatic rings. The van der Waals surface area contributed by atoms with Gasteiger partial charge < -0.3 is 10.5 Å². The number of hydrogen-bond donors (Lipinski definition) is 1. The minimum Gasteiger partial charge on any atom is -0.406 e.